The molecule has 0 saturated carbocycles. The average Bonchev–Trinajstić information content (AvgIpc) is 2.56. The summed E-state index contributed by atoms with van der Waals surface area (Å²) < 4.78 is 42.7. The third-order valence-corrected chi connectivity index (χ3v) is 3.42. The molecule has 0 atom stereocenters. The van der Waals surface area contributed by atoms with Gasteiger partial charge in [0.2, 0.25) is 0 Å². The number of aryl methyl sites for hydroxylation is 1. The number of ether oxygens (including phenoxy) is 1. The molecule has 0 aliphatic rings. The molecule has 25 heavy (non-hydrogen) atoms. The van der Waals surface area contributed by atoms with Crippen molar-refractivity contribution >= 4 is 0 Å². The van der Waals surface area contributed by atoms with E-state index < -0.39 is 11.9 Å². The van der Waals surface area contributed by atoms with E-state index in [9.17, 15) is 18.0 Å². The number of pyridine rings is 1. The van der Waals surface area contributed by atoms with Crippen LogP contribution < -0.4 is 10.3 Å². The van der Waals surface area contributed by atoms with E-state index in [1.165, 1.54) is 36.8 Å². The van der Waals surface area contributed by atoms with Crippen molar-refractivity contribution in [3.05, 3.63) is 65.3 Å². The minimum absolute atomic E-state index is 0.306. The Balaban J connectivity index is 2.01. The van der Waals surface area contributed by atoms with Gasteiger partial charge in [-0.25, -0.2) is 0 Å². The molecular formula is C17H12F3N3O2. The van der Waals surface area contributed by atoms with Crippen molar-refractivity contribution in [2.75, 3.05) is 0 Å². The number of halogens is 3. The van der Waals surface area contributed by atoms with Crippen LogP contribution in [0.25, 0.3) is 22.5 Å². The van der Waals surface area contributed by atoms with Gasteiger partial charge in [0.15, 0.2) is 0 Å². The van der Waals surface area contributed by atoms with Crippen LogP contribution >= 0.6 is 0 Å². The molecule has 0 spiro atoms. The van der Waals surface area contributed by atoms with Crippen molar-refractivity contribution in [1.82, 2.24) is 14.5 Å². The largest absolute Gasteiger partial charge is 0.573 e. The SMILES string of the molecule is Cn1cnc(=O)cc1-c1cc(-c2cccc(OC(F)(F)F)c2)ccn1. The molecule has 3 rings (SSSR count). The van der Waals surface area contributed by atoms with Crippen LogP contribution in [0, 0.1) is 0 Å². The fourth-order valence-corrected chi connectivity index (χ4v) is 2.34. The summed E-state index contributed by atoms with van der Waals surface area (Å²) >= 11 is 0. The van der Waals surface area contributed by atoms with Gasteiger partial charge in [0.05, 0.1) is 17.7 Å². The second-order valence-electron chi connectivity index (χ2n) is 5.23. The minimum atomic E-state index is -4.75. The van der Waals surface area contributed by atoms with Crippen LogP contribution in [0.5, 0.6) is 5.75 Å². The number of benzene rings is 1. The lowest BCUT2D eigenvalue weighted by Gasteiger charge is -2.11. The van der Waals surface area contributed by atoms with E-state index in [2.05, 4.69) is 14.7 Å². The van der Waals surface area contributed by atoms with Crippen molar-refractivity contribution in [2.45, 2.75) is 6.36 Å². The monoisotopic (exact) mass is 347 g/mol. The maximum absolute atomic E-state index is 12.4. The maximum atomic E-state index is 12.4. The molecule has 0 saturated heterocycles. The summed E-state index contributed by atoms with van der Waals surface area (Å²) in [7, 11) is 1.72. The molecule has 2 heterocycles. The van der Waals surface area contributed by atoms with Crippen LogP contribution in [-0.4, -0.2) is 20.9 Å². The summed E-state index contributed by atoms with van der Waals surface area (Å²) in [6, 6.07) is 10.3. The molecular weight excluding hydrogens is 335 g/mol. The average molecular weight is 347 g/mol. The van der Waals surface area contributed by atoms with Gasteiger partial charge in [0.25, 0.3) is 5.56 Å². The first kappa shape index (κ1) is 16.7. The van der Waals surface area contributed by atoms with Crippen molar-refractivity contribution < 1.29 is 17.9 Å². The summed E-state index contributed by atoms with van der Waals surface area (Å²) in [4.78, 5) is 19.3. The van der Waals surface area contributed by atoms with Crippen molar-refractivity contribution in [3.8, 4) is 28.3 Å². The van der Waals surface area contributed by atoms with Crippen molar-refractivity contribution in [3.63, 3.8) is 0 Å². The standard InChI is InChI=1S/C17H12F3N3O2/c1-23-10-22-16(24)9-15(23)14-8-12(5-6-21-14)11-3-2-4-13(7-11)25-17(18,19)20/h2-10H,1H3. The quantitative estimate of drug-likeness (QED) is 0.729. The van der Waals surface area contributed by atoms with Gasteiger partial charge in [-0.1, -0.05) is 12.1 Å². The number of hydrogen-bond donors (Lipinski definition) is 0. The summed E-state index contributed by atoms with van der Waals surface area (Å²) in [5, 5.41) is 0. The summed E-state index contributed by atoms with van der Waals surface area (Å²) in [6.45, 7) is 0. The second kappa shape index (κ2) is 6.39. The van der Waals surface area contributed by atoms with E-state index in [4.69, 9.17) is 0 Å². The molecule has 8 heteroatoms. The fourth-order valence-electron chi connectivity index (χ4n) is 2.34. The molecule has 0 aliphatic heterocycles. The summed E-state index contributed by atoms with van der Waals surface area (Å²) in [6.07, 6.45) is -1.85. The van der Waals surface area contributed by atoms with E-state index in [0.29, 0.717) is 22.5 Å². The first-order valence-corrected chi connectivity index (χ1v) is 7.17. The van der Waals surface area contributed by atoms with Crippen LogP contribution in [0.15, 0.2) is 59.8 Å². The number of aromatic nitrogens is 3. The van der Waals surface area contributed by atoms with E-state index in [1.807, 2.05) is 0 Å². The van der Waals surface area contributed by atoms with Gasteiger partial charge in [-0.05, 0) is 35.4 Å². The van der Waals surface area contributed by atoms with Gasteiger partial charge >= 0.3 is 6.36 Å². The van der Waals surface area contributed by atoms with E-state index in [1.54, 1.807) is 29.8 Å². The Morgan fingerprint density at radius 1 is 1.04 bits per heavy atom. The van der Waals surface area contributed by atoms with Crippen LogP contribution in [-0.2, 0) is 7.05 Å². The minimum Gasteiger partial charge on any atom is -0.406 e. The normalized spacial score (nSPS) is 11.4. The lowest BCUT2D eigenvalue weighted by molar-refractivity contribution is -0.274. The predicted octanol–water partition coefficient (Wildman–Crippen LogP) is 3.41. The molecule has 2 aromatic heterocycles. The highest BCUT2D eigenvalue weighted by atomic mass is 19.4. The highest BCUT2D eigenvalue weighted by molar-refractivity contribution is 5.69. The van der Waals surface area contributed by atoms with Crippen LogP contribution in [0.2, 0.25) is 0 Å². The van der Waals surface area contributed by atoms with Gasteiger partial charge < -0.3 is 9.30 Å². The second-order valence-corrected chi connectivity index (χ2v) is 5.23. The third-order valence-electron chi connectivity index (χ3n) is 3.42. The predicted molar refractivity (Wildman–Crippen MR) is 84.8 cm³/mol. The first-order chi connectivity index (χ1) is 11.8. The Morgan fingerprint density at radius 3 is 2.56 bits per heavy atom. The molecule has 0 radical (unpaired) electrons. The zero-order valence-electron chi connectivity index (χ0n) is 13.0. The van der Waals surface area contributed by atoms with E-state index in [-0.39, 0.29) is 5.75 Å². The molecule has 3 aromatic rings. The van der Waals surface area contributed by atoms with Crippen molar-refractivity contribution in [1.29, 1.82) is 0 Å². The molecule has 5 nitrogen and oxygen atoms in total. The van der Waals surface area contributed by atoms with Gasteiger partial charge in [-0.3, -0.25) is 9.78 Å². The number of nitrogens with zero attached hydrogens (tertiary/aromatic N) is 3. The fraction of sp³-hybridized carbons (Fsp3) is 0.118. The van der Waals surface area contributed by atoms with E-state index >= 15 is 0 Å². The maximum Gasteiger partial charge on any atom is 0.573 e. The Kier molecular flexibility index (Phi) is 4.26. The Labute approximate surface area is 140 Å². The van der Waals surface area contributed by atoms with Gasteiger partial charge in [0.1, 0.15) is 5.75 Å². The highest BCUT2D eigenvalue weighted by Gasteiger charge is 2.31. The van der Waals surface area contributed by atoms with Gasteiger partial charge in [0, 0.05) is 19.3 Å². The van der Waals surface area contributed by atoms with Crippen LogP contribution in [0.3, 0.4) is 0 Å². The Hall–Kier alpha value is -3.16. The van der Waals surface area contributed by atoms with E-state index in [0.717, 1.165) is 0 Å². The van der Waals surface area contributed by atoms with Crippen molar-refractivity contribution in [2.24, 2.45) is 7.05 Å². The lowest BCUT2D eigenvalue weighted by atomic mass is 10.0. The zero-order valence-corrected chi connectivity index (χ0v) is 13.0. The third kappa shape index (κ3) is 4.03. The molecule has 0 aliphatic carbocycles. The highest BCUT2D eigenvalue weighted by Crippen LogP contribution is 2.29. The molecule has 1 aromatic carbocycles. The van der Waals surface area contributed by atoms with Crippen LogP contribution in [0.4, 0.5) is 13.2 Å². The molecule has 128 valence electrons. The first-order valence-electron chi connectivity index (χ1n) is 7.17. The molecule has 0 N–H and O–H groups in total. The Bertz CT molecular complexity index is 968. The number of hydrogen-bond acceptors (Lipinski definition) is 4. The topological polar surface area (TPSA) is 57.0 Å². The van der Waals surface area contributed by atoms with Gasteiger partial charge in [-0.2, -0.15) is 4.98 Å². The zero-order chi connectivity index (χ0) is 18.0. The number of alkyl halides is 3. The summed E-state index contributed by atoms with van der Waals surface area (Å²) in [5.41, 5.74) is 1.82. The van der Waals surface area contributed by atoms with Gasteiger partial charge in [-0.15, -0.1) is 13.2 Å². The molecule has 0 bridgehead atoms. The molecule has 0 fully saturated rings. The Morgan fingerprint density at radius 2 is 1.80 bits per heavy atom. The lowest BCUT2D eigenvalue weighted by Crippen LogP contribution is -2.17. The smallest absolute Gasteiger partial charge is 0.406 e. The molecule has 0 unspecified atom stereocenters. The number of rotatable bonds is 3. The van der Waals surface area contributed by atoms with Crippen LogP contribution in [0.1, 0.15) is 0 Å². The molecule has 0 amide bonds. The summed E-state index contributed by atoms with van der Waals surface area (Å²) in [5.74, 6) is -0.306.